The lowest BCUT2D eigenvalue weighted by atomic mass is 10.0. The molecule has 2 N–H and O–H groups in total. The highest BCUT2D eigenvalue weighted by atomic mass is 15.1. The smallest absolute Gasteiger partial charge is 0.141 e. The molecule has 1 aromatic carbocycles. The minimum Gasteiger partial charge on any atom is -0.344 e. The van der Waals surface area contributed by atoms with Crippen molar-refractivity contribution >= 4 is 0 Å². The molecule has 0 unspecified atom stereocenters. The Balaban J connectivity index is 1.96. The largest absolute Gasteiger partial charge is 0.344 e. The Kier molecular flexibility index (Phi) is 3.01. The van der Waals surface area contributed by atoms with Gasteiger partial charge in [0.05, 0.1) is 11.3 Å². The summed E-state index contributed by atoms with van der Waals surface area (Å²) < 4.78 is 0. The van der Waals surface area contributed by atoms with Crippen molar-refractivity contribution in [2.24, 2.45) is 0 Å². The monoisotopic (exact) mass is 287 g/mol. The third-order valence-electron chi connectivity index (χ3n) is 3.50. The van der Waals surface area contributed by atoms with E-state index in [1.54, 1.807) is 18.6 Å². The zero-order valence-corrected chi connectivity index (χ0v) is 11.7. The van der Waals surface area contributed by atoms with Gasteiger partial charge in [0.15, 0.2) is 0 Å². The van der Waals surface area contributed by atoms with Crippen LogP contribution in [0.3, 0.4) is 0 Å². The number of aromatic amines is 2. The summed E-state index contributed by atoms with van der Waals surface area (Å²) in [5.74, 6) is 0.784. The van der Waals surface area contributed by atoms with Gasteiger partial charge in [0.1, 0.15) is 11.5 Å². The maximum Gasteiger partial charge on any atom is 0.141 e. The molecule has 4 aromatic rings. The molecule has 5 nitrogen and oxygen atoms in total. The average Bonchev–Trinajstić information content (AvgIpc) is 3.25. The Morgan fingerprint density at radius 1 is 0.864 bits per heavy atom. The molecule has 0 atom stereocenters. The molecule has 0 aliphatic rings. The van der Waals surface area contributed by atoms with Gasteiger partial charge in [-0.1, -0.05) is 30.3 Å². The van der Waals surface area contributed by atoms with E-state index in [9.17, 15) is 0 Å². The van der Waals surface area contributed by atoms with Gasteiger partial charge in [0, 0.05) is 35.9 Å². The van der Waals surface area contributed by atoms with Gasteiger partial charge < -0.3 is 4.98 Å². The highest BCUT2D eigenvalue weighted by molar-refractivity contribution is 5.88. The molecule has 0 saturated heterocycles. The van der Waals surface area contributed by atoms with Crippen molar-refractivity contribution in [3.63, 3.8) is 0 Å². The number of hydrogen-bond donors (Lipinski definition) is 2. The van der Waals surface area contributed by atoms with Crippen LogP contribution in [0.2, 0.25) is 0 Å². The lowest BCUT2D eigenvalue weighted by Crippen LogP contribution is -1.87. The van der Waals surface area contributed by atoms with E-state index in [2.05, 4.69) is 25.1 Å². The zero-order chi connectivity index (χ0) is 14.8. The van der Waals surface area contributed by atoms with Crippen molar-refractivity contribution in [3.05, 3.63) is 67.3 Å². The van der Waals surface area contributed by atoms with E-state index in [0.29, 0.717) is 0 Å². The summed E-state index contributed by atoms with van der Waals surface area (Å²) in [5, 5.41) is 7.63. The molecule has 22 heavy (non-hydrogen) atoms. The van der Waals surface area contributed by atoms with Gasteiger partial charge >= 0.3 is 0 Å². The third kappa shape index (κ3) is 2.09. The third-order valence-corrected chi connectivity index (χ3v) is 3.50. The second-order valence-electron chi connectivity index (χ2n) is 4.87. The SMILES string of the molecule is c1ccc(-c2[nH]nc(-c3cccnc3)c2-c2ncc[nH]2)cc1. The first-order valence-corrected chi connectivity index (χ1v) is 6.97. The van der Waals surface area contributed by atoms with E-state index < -0.39 is 0 Å². The Hall–Kier alpha value is -3.21. The Bertz CT molecular complexity index is 807. The molecule has 0 bridgehead atoms. The minimum absolute atomic E-state index is 0.784. The van der Waals surface area contributed by atoms with Gasteiger partial charge in [-0.25, -0.2) is 4.98 Å². The van der Waals surface area contributed by atoms with Gasteiger partial charge in [-0.05, 0) is 12.1 Å². The highest BCUT2D eigenvalue weighted by Gasteiger charge is 2.19. The number of nitrogens with one attached hydrogen (secondary N) is 2. The molecule has 0 radical (unpaired) electrons. The van der Waals surface area contributed by atoms with Gasteiger partial charge in [-0.2, -0.15) is 5.10 Å². The van der Waals surface area contributed by atoms with Gasteiger partial charge in [0.25, 0.3) is 0 Å². The predicted molar refractivity (Wildman–Crippen MR) is 84.8 cm³/mol. The number of imidazole rings is 1. The van der Waals surface area contributed by atoms with Crippen molar-refractivity contribution in [1.29, 1.82) is 0 Å². The van der Waals surface area contributed by atoms with Crippen molar-refractivity contribution in [2.75, 3.05) is 0 Å². The molecule has 4 rings (SSSR count). The van der Waals surface area contributed by atoms with Crippen molar-refractivity contribution in [2.45, 2.75) is 0 Å². The topological polar surface area (TPSA) is 70.2 Å². The lowest BCUT2D eigenvalue weighted by molar-refractivity contribution is 1.10. The van der Waals surface area contributed by atoms with Crippen LogP contribution in [-0.2, 0) is 0 Å². The number of rotatable bonds is 3. The van der Waals surface area contributed by atoms with E-state index in [-0.39, 0.29) is 0 Å². The van der Waals surface area contributed by atoms with Crippen molar-refractivity contribution in [3.8, 4) is 33.9 Å². The normalized spacial score (nSPS) is 10.7. The Morgan fingerprint density at radius 2 is 1.73 bits per heavy atom. The molecular weight excluding hydrogens is 274 g/mol. The molecule has 3 aromatic heterocycles. The van der Waals surface area contributed by atoms with Crippen LogP contribution >= 0.6 is 0 Å². The highest BCUT2D eigenvalue weighted by Crippen LogP contribution is 2.36. The van der Waals surface area contributed by atoms with Crippen LogP contribution < -0.4 is 0 Å². The van der Waals surface area contributed by atoms with Crippen LogP contribution in [0.4, 0.5) is 0 Å². The van der Waals surface area contributed by atoms with E-state index >= 15 is 0 Å². The number of H-pyrrole nitrogens is 2. The predicted octanol–water partition coefficient (Wildman–Crippen LogP) is 3.53. The van der Waals surface area contributed by atoms with Gasteiger partial charge in [-0.3, -0.25) is 10.1 Å². The van der Waals surface area contributed by atoms with Crippen LogP contribution in [-0.4, -0.2) is 25.1 Å². The molecular formula is C17H13N5. The fourth-order valence-corrected chi connectivity index (χ4v) is 2.50. The molecule has 0 spiro atoms. The number of pyridine rings is 1. The fourth-order valence-electron chi connectivity index (χ4n) is 2.50. The molecule has 0 fully saturated rings. The van der Waals surface area contributed by atoms with E-state index in [4.69, 9.17) is 0 Å². The van der Waals surface area contributed by atoms with Gasteiger partial charge in [0.2, 0.25) is 0 Å². The summed E-state index contributed by atoms with van der Waals surface area (Å²) in [6.45, 7) is 0. The van der Waals surface area contributed by atoms with Crippen LogP contribution in [0.15, 0.2) is 67.3 Å². The van der Waals surface area contributed by atoms with E-state index in [1.165, 1.54) is 0 Å². The number of hydrogen-bond acceptors (Lipinski definition) is 3. The summed E-state index contributed by atoms with van der Waals surface area (Å²) in [6, 6.07) is 14.0. The van der Waals surface area contributed by atoms with Crippen LogP contribution in [0, 0.1) is 0 Å². The number of aromatic nitrogens is 5. The molecule has 0 amide bonds. The molecule has 5 heteroatoms. The zero-order valence-electron chi connectivity index (χ0n) is 11.7. The number of nitrogens with zero attached hydrogens (tertiary/aromatic N) is 3. The quantitative estimate of drug-likeness (QED) is 0.605. The molecule has 0 aliphatic heterocycles. The average molecular weight is 287 g/mol. The lowest BCUT2D eigenvalue weighted by Gasteiger charge is -2.04. The summed E-state index contributed by atoms with van der Waals surface area (Å²) in [5.41, 5.74) is 4.74. The standard InChI is InChI=1S/C17H13N5/c1-2-5-12(6-3-1)15-14(17-19-9-10-20-17)16(22-21-15)13-7-4-8-18-11-13/h1-11H,(H,19,20)(H,21,22). The summed E-state index contributed by atoms with van der Waals surface area (Å²) in [4.78, 5) is 11.7. The summed E-state index contributed by atoms with van der Waals surface area (Å²) in [7, 11) is 0. The Labute approximate surface area is 127 Å². The fraction of sp³-hybridized carbons (Fsp3) is 0. The summed E-state index contributed by atoms with van der Waals surface area (Å²) >= 11 is 0. The summed E-state index contributed by atoms with van der Waals surface area (Å²) in [6.07, 6.45) is 7.10. The first-order chi connectivity index (χ1) is 10.9. The first-order valence-electron chi connectivity index (χ1n) is 6.97. The second-order valence-corrected chi connectivity index (χ2v) is 4.87. The van der Waals surface area contributed by atoms with Crippen molar-refractivity contribution in [1.82, 2.24) is 25.1 Å². The van der Waals surface area contributed by atoms with Gasteiger partial charge in [-0.15, -0.1) is 0 Å². The van der Waals surface area contributed by atoms with Crippen LogP contribution in [0.25, 0.3) is 33.9 Å². The van der Waals surface area contributed by atoms with E-state index in [1.807, 2.05) is 48.7 Å². The number of benzene rings is 1. The molecule has 3 heterocycles. The molecule has 106 valence electrons. The molecule has 0 aliphatic carbocycles. The maximum atomic E-state index is 4.49. The van der Waals surface area contributed by atoms with E-state index in [0.717, 1.165) is 33.9 Å². The minimum atomic E-state index is 0.784. The molecule has 0 saturated carbocycles. The van der Waals surface area contributed by atoms with Crippen LogP contribution in [0.1, 0.15) is 0 Å². The Morgan fingerprint density at radius 3 is 2.45 bits per heavy atom. The van der Waals surface area contributed by atoms with Crippen molar-refractivity contribution < 1.29 is 0 Å². The second kappa shape index (κ2) is 5.29. The first kappa shape index (κ1) is 12.5. The maximum absolute atomic E-state index is 4.49. The van der Waals surface area contributed by atoms with Crippen LogP contribution in [0.5, 0.6) is 0 Å².